The lowest BCUT2D eigenvalue weighted by molar-refractivity contribution is 0.0758. The van der Waals surface area contributed by atoms with Gasteiger partial charge in [0, 0.05) is 11.6 Å². The molecular formula is C19H16F2N2O3. The summed E-state index contributed by atoms with van der Waals surface area (Å²) in [6.07, 6.45) is 1.41. The van der Waals surface area contributed by atoms with Crippen LogP contribution >= 0.6 is 0 Å². The number of hydrogen-bond donors (Lipinski definition) is 0. The van der Waals surface area contributed by atoms with Gasteiger partial charge in [-0.15, -0.1) is 0 Å². The van der Waals surface area contributed by atoms with E-state index in [9.17, 15) is 18.4 Å². The summed E-state index contributed by atoms with van der Waals surface area (Å²) in [6.45, 7) is 1.84. The van der Waals surface area contributed by atoms with Crippen molar-refractivity contribution in [2.24, 2.45) is 0 Å². The minimum absolute atomic E-state index is 0.00187. The lowest BCUT2D eigenvalue weighted by atomic mass is 10.2. The number of fused-ring (bicyclic) bond motifs is 1. The molecule has 1 aromatic heterocycles. The van der Waals surface area contributed by atoms with Crippen molar-refractivity contribution in [3.63, 3.8) is 0 Å². The van der Waals surface area contributed by atoms with E-state index in [2.05, 4.69) is 0 Å². The normalized spacial score (nSPS) is 15.2. The standard InChI is InChI=1S/C19H16F2N2O3/c1-19(7-8-19)22-16-10-15(21)14(20)9-13(16)17(24)23(18(22)25)26-11-12-5-3-2-4-6-12/h2-6,9-10H,7-8,11H2,1H3. The number of rotatable bonds is 4. The maximum atomic E-state index is 13.7. The number of halogens is 2. The van der Waals surface area contributed by atoms with E-state index in [0.717, 1.165) is 17.7 Å². The Morgan fingerprint density at radius 1 is 1.08 bits per heavy atom. The predicted molar refractivity (Wildman–Crippen MR) is 92.0 cm³/mol. The van der Waals surface area contributed by atoms with Crippen molar-refractivity contribution in [1.29, 1.82) is 0 Å². The van der Waals surface area contributed by atoms with Crippen molar-refractivity contribution < 1.29 is 13.6 Å². The highest BCUT2D eigenvalue weighted by atomic mass is 19.2. The number of benzene rings is 2. The third-order valence-electron chi connectivity index (χ3n) is 4.78. The molecule has 134 valence electrons. The first kappa shape index (κ1) is 16.5. The van der Waals surface area contributed by atoms with Gasteiger partial charge in [-0.25, -0.2) is 13.6 Å². The highest BCUT2D eigenvalue weighted by molar-refractivity contribution is 5.78. The Balaban J connectivity index is 1.92. The zero-order valence-electron chi connectivity index (χ0n) is 14.0. The van der Waals surface area contributed by atoms with Gasteiger partial charge in [0.05, 0.1) is 10.9 Å². The molecule has 0 saturated heterocycles. The third-order valence-corrected chi connectivity index (χ3v) is 4.78. The molecule has 0 N–H and O–H groups in total. The van der Waals surface area contributed by atoms with E-state index in [4.69, 9.17) is 4.84 Å². The summed E-state index contributed by atoms with van der Waals surface area (Å²) in [7, 11) is 0. The highest BCUT2D eigenvalue weighted by Gasteiger charge is 2.42. The molecule has 1 aliphatic rings. The SMILES string of the molecule is CC1(n2c(=O)n(OCc3ccccc3)c(=O)c3cc(F)c(F)cc32)CC1. The first-order valence-electron chi connectivity index (χ1n) is 8.25. The Morgan fingerprint density at radius 2 is 1.73 bits per heavy atom. The minimum atomic E-state index is -1.14. The minimum Gasteiger partial charge on any atom is -0.401 e. The number of hydrogen-bond acceptors (Lipinski definition) is 3. The van der Waals surface area contributed by atoms with Crippen LogP contribution in [0.2, 0.25) is 0 Å². The molecule has 5 nitrogen and oxygen atoms in total. The van der Waals surface area contributed by atoms with Crippen molar-refractivity contribution in [3.8, 4) is 0 Å². The largest absolute Gasteiger partial charge is 0.401 e. The van der Waals surface area contributed by atoms with Crippen LogP contribution in [0.3, 0.4) is 0 Å². The summed E-state index contributed by atoms with van der Waals surface area (Å²) in [5, 5.41) is -0.0929. The van der Waals surface area contributed by atoms with Crippen LogP contribution in [0, 0.1) is 11.6 Å². The first-order valence-corrected chi connectivity index (χ1v) is 8.25. The molecule has 0 aliphatic heterocycles. The Kier molecular flexibility index (Phi) is 3.68. The van der Waals surface area contributed by atoms with Gasteiger partial charge in [-0.3, -0.25) is 9.36 Å². The van der Waals surface area contributed by atoms with E-state index in [1.165, 1.54) is 4.57 Å². The summed E-state index contributed by atoms with van der Waals surface area (Å²) in [6, 6.07) is 10.8. The second-order valence-corrected chi connectivity index (χ2v) is 6.76. The van der Waals surface area contributed by atoms with Gasteiger partial charge < -0.3 is 4.84 Å². The zero-order valence-corrected chi connectivity index (χ0v) is 14.0. The molecule has 1 aliphatic carbocycles. The molecular weight excluding hydrogens is 342 g/mol. The van der Waals surface area contributed by atoms with Crippen molar-refractivity contribution in [3.05, 3.63) is 80.5 Å². The van der Waals surface area contributed by atoms with Crippen LogP contribution < -0.4 is 16.1 Å². The van der Waals surface area contributed by atoms with Crippen molar-refractivity contribution in [1.82, 2.24) is 9.30 Å². The van der Waals surface area contributed by atoms with Gasteiger partial charge in [0.25, 0.3) is 5.56 Å². The molecule has 4 rings (SSSR count). The smallest absolute Gasteiger partial charge is 0.365 e. The van der Waals surface area contributed by atoms with Gasteiger partial charge in [-0.2, -0.15) is 0 Å². The van der Waals surface area contributed by atoms with Crippen LogP contribution in [0.15, 0.2) is 52.1 Å². The van der Waals surface area contributed by atoms with Gasteiger partial charge in [0.2, 0.25) is 0 Å². The Labute approximate surface area is 147 Å². The molecule has 0 unspecified atom stereocenters. The van der Waals surface area contributed by atoms with E-state index in [0.29, 0.717) is 17.6 Å². The average Bonchev–Trinajstić information content (AvgIpc) is 3.36. The van der Waals surface area contributed by atoms with Crippen LogP contribution in [-0.4, -0.2) is 9.30 Å². The van der Waals surface area contributed by atoms with Crippen molar-refractivity contribution >= 4 is 10.9 Å². The Hall–Kier alpha value is -2.96. The molecule has 3 aromatic rings. The molecule has 7 heteroatoms. The molecule has 0 atom stereocenters. The van der Waals surface area contributed by atoms with Gasteiger partial charge >= 0.3 is 5.69 Å². The van der Waals surface area contributed by atoms with Gasteiger partial charge in [0.15, 0.2) is 11.6 Å². The van der Waals surface area contributed by atoms with Crippen molar-refractivity contribution in [2.75, 3.05) is 0 Å². The fourth-order valence-corrected chi connectivity index (χ4v) is 3.04. The third kappa shape index (κ3) is 2.60. The summed E-state index contributed by atoms with van der Waals surface area (Å²) in [5.74, 6) is -2.24. The van der Waals surface area contributed by atoms with E-state index in [-0.39, 0.29) is 17.5 Å². The molecule has 1 saturated carbocycles. The fourth-order valence-electron chi connectivity index (χ4n) is 3.04. The van der Waals surface area contributed by atoms with E-state index in [1.54, 1.807) is 12.1 Å². The molecule has 1 fully saturated rings. The summed E-state index contributed by atoms with van der Waals surface area (Å²) in [4.78, 5) is 31.0. The molecule has 2 aromatic carbocycles. The van der Waals surface area contributed by atoms with Gasteiger partial charge in [0.1, 0.15) is 6.61 Å². The van der Waals surface area contributed by atoms with Crippen LogP contribution in [0.1, 0.15) is 25.3 Å². The summed E-state index contributed by atoms with van der Waals surface area (Å²) in [5.41, 5.74) is -1.18. The molecule has 0 spiro atoms. The zero-order chi connectivity index (χ0) is 18.5. The van der Waals surface area contributed by atoms with Crippen LogP contribution in [0.25, 0.3) is 10.9 Å². The number of aromatic nitrogens is 2. The second-order valence-electron chi connectivity index (χ2n) is 6.76. The van der Waals surface area contributed by atoms with Crippen LogP contribution in [0.5, 0.6) is 0 Å². The maximum Gasteiger partial charge on any atom is 0.365 e. The van der Waals surface area contributed by atoms with Crippen LogP contribution in [0.4, 0.5) is 8.78 Å². The fraction of sp³-hybridized carbons (Fsp3) is 0.263. The van der Waals surface area contributed by atoms with Gasteiger partial charge in [-0.1, -0.05) is 35.1 Å². The maximum absolute atomic E-state index is 13.7. The van der Waals surface area contributed by atoms with Crippen molar-refractivity contribution in [2.45, 2.75) is 31.9 Å². The molecule has 0 radical (unpaired) electrons. The molecule has 1 heterocycles. The summed E-state index contributed by atoms with van der Waals surface area (Å²) >= 11 is 0. The monoisotopic (exact) mass is 358 g/mol. The highest BCUT2D eigenvalue weighted by Crippen LogP contribution is 2.43. The Morgan fingerprint density at radius 3 is 2.38 bits per heavy atom. The predicted octanol–water partition coefficient (Wildman–Crippen LogP) is 2.58. The quantitative estimate of drug-likeness (QED) is 0.720. The molecule has 0 bridgehead atoms. The van der Waals surface area contributed by atoms with E-state index in [1.807, 2.05) is 25.1 Å². The molecule has 26 heavy (non-hydrogen) atoms. The average molecular weight is 358 g/mol. The summed E-state index contributed by atoms with van der Waals surface area (Å²) < 4.78 is 29.4. The topological polar surface area (TPSA) is 53.2 Å². The van der Waals surface area contributed by atoms with Gasteiger partial charge in [-0.05, 0) is 31.4 Å². The second kappa shape index (κ2) is 5.79. The van der Waals surface area contributed by atoms with Crippen LogP contribution in [-0.2, 0) is 12.1 Å². The Bertz CT molecular complexity index is 1120. The first-order chi connectivity index (χ1) is 12.4. The lowest BCUT2D eigenvalue weighted by Gasteiger charge is -2.19. The number of nitrogens with zero attached hydrogens (tertiary/aromatic N) is 2. The molecule has 0 amide bonds. The van der Waals surface area contributed by atoms with E-state index < -0.39 is 28.4 Å². The van der Waals surface area contributed by atoms with E-state index >= 15 is 0 Å². The lowest BCUT2D eigenvalue weighted by Crippen LogP contribution is -2.46.